The summed E-state index contributed by atoms with van der Waals surface area (Å²) in [5.74, 6) is -0.690. The van der Waals surface area contributed by atoms with Crippen molar-refractivity contribution in [3.63, 3.8) is 0 Å². The molecule has 0 amide bonds. The molecule has 25 heavy (non-hydrogen) atoms. The zero-order valence-corrected chi connectivity index (χ0v) is 13.7. The lowest BCUT2D eigenvalue weighted by molar-refractivity contribution is -0.139. The first kappa shape index (κ1) is 18.1. The van der Waals surface area contributed by atoms with Crippen LogP contribution in [0.25, 0.3) is 0 Å². The van der Waals surface area contributed by atoms with Gasteiger partial charge in [-0.3, -0.25) is 4.79 Å². The molecule has 0 aromatic heterocycles. The van der Waals surface area contributed by atoms with E-state index in [-0.39, 0.29) is 6.54 Å². The van der Waals surface area contributed by atoms with Crippen LogP contribution in [0.15, 0.2) is 48.5 Å². The summed E-state index contributed by atoms with van der Waals surface area (Å²) >= 11 is 0. The Morgan fingerprint density at radius 2 is 1.84 bits per heavy atom. The maximum atomic E-state index is 11.3. The van der Waals surface area contributed by atoms with Gasteiger partial charge in [0, 0.05) is 6.07 Å². The Morgan fingerprint density at radius 1 is 1.08 bits per heavy atom. The highest BCUT2D eigenvalue weighted by molar-refractivity contribution is 5.76. The fraction of sp³-hybridized carbons (Fsp3) is 0.222. The van der Waals surface area contributed by atoms with Crippen LogP contribution in [-0.2, 0) is 20.9 Å². The van der Waals surface area contributed by atoms with E-state index >= 15 is 0 Å². The lowest BCUT2D eigenvalue weighted by Gasteiger charge is -2.14. The average molecular weight is 345 g/mol. The summed E-state index contributed by atoms with van der Waals surface area (Å²) in [5, 5.41) is 11.6. The molecule has 7 nitrogen and oxygen atoms in total. The summed E-state index contributed by atoms with van der Waals surface area (Å²) in [5.41, 5.74) is 1.54. The van der Waals surface area contributed by atoms with Crippen LogP contribution in [0.2, 0.25) is 0 Å². The molecular weight excluding hydrogens is 326 g/mol. The predicted octanol–water partition coefficient (Wildman–Crippen LogP) is 2.31. The van der Waals surface area contributed by atoms with E-state index in [1.807, 2.05) is 30.3 Å². The number of benzene rings is 2. The Hall–Kier alpha value is -3.22. The van der Waals surface area contributed by atoms with E-state index in [4.69, 9.17) is 14.6 Å². The van der Waals surface area contributed by atoms with Crippen LogP contribution in [0, 0.1) is 0 Å². The first-order chi connectivity index (χ1) is 12.1. The van der Waals surface area contributed by atoms with Crippen molar-refractivity contribution in [1.82, 2.24) is 0 Å². The molecule has 2 rings (SSSR count). The topological polar surface area (TPSA) is 94.1 Å². The number of rotatable bonds is 9. The molecule has 7 heteroatoms. The first-order valence-electron chi connectivity index (χ1n) is 7.54. The van der Waals surface area contributed by atoms with Gasteiger partial charge in [0.25, 0.3) is 0 Å². The summed E-state index contributed by atoms with van der Waals surface area (Å²) < 4.78 is 15.6. The second-order valence-electron chi connectivity index (χ2n) is 5.04. The van der Waals surface area contributed by atoms with Crippen LogP contribution >= 0.6 is 0 Å². The smallest absolute Gasteiger partial charge is 0.341 e. The summed E-state index contributed by atoms with van der Waals surface area (Å²) in [4.78, 5) is 21.9. The lowest BCUT2D eigenvalue weighted by atomic mass is 10.2. The Morgan fingerprint density at radius 3 is 2.52 bits per heavy atom. The average Bonchev–Trinajstić information content (AvgIpc) is 2.64. The molecule has 0 spiro atoms. The van der Waals surface area contributed by atoms with Crippen LogP contribution in [0.4, 0.5) is 5.69 Å². The number of hydrogen-bond donors (Lipinski definition) is 2. The summed E-state index contributed by atoms with van der Waals surface area (Å²) in [6.07, 6.45) is 0. The van der Waals surface area contributed by atoms with Crippen LogP contribution in [-0.4, -0.2) is 37.3 Å². The number of ether oxygens (including phenoxy) is 3. The maximum absolute atomic E-state index is 11.3. The van der Waals surface area contributed by atoms with E-state index < -0.39 is 18.5 Å². The fourth-order valence-corrected chi connectivity index (χ4v) is 1.98. The van der Waals surface area contributed by atoms with Crippen molar-refractivity contribution in [3.8, 4) is 11.5 Å². The largest absolute Gasteiger partial charge is 0.487 e. The number of aliphatic carboxylic acids is 1. The summed E-state index contributed by atoms with van der Waals surface area (Å²) in [6.45, 7) is -0.156. The van der Waals surface area contributed by atoms with Gasteiger partial charge in [0.15, 0.2) is 6.61 Å². The second-order valence-corrected chi connectivity index (χ2v) is 5.04. The molecule has 2 aromatic carbocycles. The van der Waals surface area contributed by atoms with Gasteiger partial charge in [0.1, 0.15) is 24.7 Å². The van der Waals surface area contributed by atoms with Gasteiger partial charge in [-0.25, -0.2) is 4.79 Å². The molecule has 2 aromatic rings. The SMILES string of the molecule is COC(=O)CNc1ccc(OCC(=O)O)cc1OCc1ccccc1. The van der Waals surface area contributed by atoms with Gasteiger partial charge >= 0.3 is 11.9 Å². The van der Waals surface area contributed by atoms with E-state index in [1.165, 1.54) is 7.11 Å². The van der Waals surface area contributed by atoms with Crippen molar-refractivity contribution in [1.29, 1.82) is 0 Å². The van der Waals surface area contributed by atoms with Gasteiger partial charge in [0.05, 0.1) is 12.8 Å². The maximum Gasteiger partial charge on any atom is 0.341 e. The molecule has 0 aliphatic rings. The molecule has 0 heterocycles. The normalized spacial score (nSPS) is 9.96. The number of carboxylic acids is 1. The van der Waals surface area contributed by atoms with E-state index in [0.29, 0.717) is 23.8 Å². The lowest BCUT2D eigenvalue weighted by Crippen LogP contribution is -2.15. The molecule has 0 saturated carbocycles. The molecule has 0 atom stereocenters. The number of nitrogens with one attached hydrogen (secondary N) is 1. The molecular formula is C18H19NO6. The molecule has 132 valence electrons. The molecule has 0 saturated heterocycles. The van der Waals surface area contributed by atoms with E-state index in [2.05, 4.69) is 10.1 Å². The van der Waals surface area contributed by atoms with Crippen molar-refractivity contribution in [2.75, 3.05) is 25.6 Å². The van der Waals surface area contributed by atoms with E-state index in [1.54, 1.807) is 18.2 Å². The van der Waals surface area contributed by atoms with Crippen molar-refractivity contribution >= 4 is 17.6 Å². The highest BCUT2D eigenvalue weighted by Gasteiger charge is 2.10. The molecule has 0 aliphatic carbocycles. The third-order valence-corrected chi connectivity index (χ3v) is 3.20. The zero-order valence-electron chi connectivity index (χ0n) is 13.7. The van der Waals surface area contributed by atoms with Crippen LogP contribution < -0.4 is 14.8 Å². The van der Waals surface area contributed by atoms with Gasteiger partial charge in [-0.2, -0.15) is 0 Å². The molecule has 0 unspecified atom stereocenters. The molecule has 0 radical (unpaired) electrons. The number of anilines is 1. The third-order valence-electron chi connectivity index (χ3n) is 3.20. The number of methoxy groups -OCH3 is 1. The Balaban J connectivity index is 2.12. The highest BCUT2D eigenvalue weighted by Crippen LogP contribution is 2.30. The van der Waals surface area contributed by atoms with E-state index in [0.717, 1.165) is 5.56 Å². The van der Waals surface area contributed by atoms with Gasteiger partial charge in [-0.1, -0.05) is 30.3 Å². The van der Waals surface area contributed by atoms with Crippen molar-refractivity contribution in [2.24, 2.45) is 0 Å². The third kappa shape index (κ3) is 6.06. The van der Waals surface area contributed by atoms with Crippen molar-refractivity contribution < 1.29 is 28.9 Å². The molecule has 0 bridgehead atoms. The first-order valence-corrected chi connectivity index (χ1v) is 7.54. The Labute approximate surface area is 145 Å². The number of carbonyl (C=O) groups excluding carboxylic acids is 1. The molecule has 2 N–H and O–H groups in total. The van der Waals surface area contributed by atoms with Gasteiger partial charge in [-0.05, 0) is 17.7 Å². The highest BCUT2D eigenvalue weighted by atomic mass is 16.5. The number of esters is 1. The van der Waals surface area contributed by atoms with Crippen molar-refractivity contribution in [3.05, 3.63) is 54.1 Å². The fourth-order valence-electron chi connectivity index (χ4n) is 1.98. The number of carbonyl (C=O) groups is 2. The van der Waals surface area contributed by atoms with Crippen LogP contribution in [0.1, 0.15) is 5.56 Å². The minimum Gasteiger partial charge on any atom is -0.487 e. The van der Waals surface area contributed by atoms with Gasteiger partial charge < -0.3 is 24.6 Å². The van der Waals surface area contributed by atoms with Gasteiger partial charge in [-0.15, -0.1) is 0 Å². The molecule has 0 aliphatic heterocycles. The number of hydrogen-bond acceptors (Lipinski definition) is 6. The predicted molar refractivity (Wildman–Crippen MR) is 90.9 cm³/mol. The zero-order chi connectivity index (χ0) is 18.1. The Kier molecular flexibility index (Phi) is 6.65. The van der Waals surface area contributed by atoms with Crippen molar-refractivity contribution in [2.45, 2.75) is 6.61 Å². The minimum atomic E-state index is -1.07. The monoisotopic (exact) mass is 345 g/mol. The standard InChI is InChI=1S/C18H19NO6/c1-23-18(22)10-19-15-8-7-14(24-12-17(20)21)9-16(15)25-11-13-5-3-2-4-6-13/h2-9,19H,10-12H2,1H3,(H,20,21). The number of carboxylic acid groups (broad SMARTS) is 1. The van der Waals surface area contributed by atoms with Crippen LogP contribution in [0.5, 0.6) is 11.5 Å². The van der Waals surface area contributed by atoms with E-state index in [9.17, 15) is 9.59 Å². The summed E-state index contributed by atoms with van der Waals surface area (Å²) in [7, 11) is 1.31. The summed E-state index contributed by atoms with van der Waals surface area (Å²) in [6, 6.07) is 14.4. The van der Waals surface area contributed by atoms with Gasteiger partial charge in [0.2, 0.25) is 0 Å². The minimum absolute atomic E-state index is 0.0203. The van der Waals surface area contributed by atoms with Crippen LogP contribution in [0.3, 0.4) is 0 Å². The second kappa shape index (κ2) is 9.17. The quantitative estimate of drug-likeness (QED) is 0.674. The molecule has 0 fully saturated rings. The Bertz CT molecular complexity index is 717.